The number of hydrogen-bond donors (Lipinski definition) is 3. The molecule has 1 saturated carbocycles. The maximum absolute atomic E-state index is 8.65. The Balaban J connectivity index is 2.14. The van der Waals surface area contributed by atoms with Gasteiger partial charge in [0, 0.05) is 11.5 Å². The maximum Gasteiger partial charge on any atom is 0.144 e. The molecule has 0 aromatic heterocycles. The number of nitrogens with zero attached hydrogens (tertiary/aromatic N) is 1. The van der Waals surface area contributed by atoms with E-state index in [4.69, 9.17) is 10.9 Å². The molecule has 0 heterocycles. The van der Waals surface area contributed by atoms with Crippen molar-refractivity contribution >= 4 is 5.84 Å². The zero-order chi connectivity index (χ0) is 12.0. The van der Waals surface area contributed by atoms with E-state index in [9.17, 15) is 0 Å². The lowest BCUT2D eigenvalue weighted by molar-refractivity contribution is 0.304. The fourth-order valence-corrected chi connectivity index (χ4v) is 2.23. The Morgan fingerprint density at radius 3 is 2.62 bits per heavy atom. The first-order valence-corrected chi connectivity index (χ1v) is 6.27. The van der Waals surface area contributed by atoms with E-state index in [-0.39, 0.29) is 5.41 Å². The summed E-state index contributed by atoms with van der Waals surface area (Å²) in [4.78, 5) is 0. The van der Waals surface area contributed by atoms with Crippen molar-refractivity contribution in [3.8, 4) is 0 Å². The van der Waals surface area contributed by atoms with E-state index in [1.807, 2.05) is 13.8 Å². The van der Waals surface area contributed by atoms with Gasteiger partial charge in [0.05, 0.1) is 0 Å². The van der Waals surface area contributed by atoms with Crippen LogP contribution < -0.4 is 11.1 Å². The van der Waals surface area contributed by atoms with Gasteiger partial charge in [-0.3, -0.25) is 0 Å². The van der Waals surface area contributed by atoms with Gasteiger partial charge in [-0.25, -0.2) is 0 Å². The molecular formula is C12H25N3O. The molecule has 0 radical (unpaired) electrons. The van der Waals surface area contributed by atoms with Crippen molar-refractivity contribution in [2.24, 2.45) is 16.3 Å². The van der Waals surface area contributed by atoms with Gasteiger partial charge in [0.15, 0.2) is 0 Å². The van der Waals surface area contributed by atoms with Crippen molar-refractivity contribution in [2.75, 3.05) is 6.54 Å². The molecule has 0 aromatic rings. The highest BCUT2D eigenvalue weighted by Gasteiger charge is 2.23. The van der Waals surface area contributed by atoms with Gasteiger partial charge in [-0.15, -0.1) is 0 Å². The van der Waals surface area contributed by atoms with Gasteiger partial charge in [-0.05, 0) is 32.2 Å². The van der Waals surface area contributed by atoms with Crippen molar-refractivity contribution in [2.45, 2.75) is 58.4 Å². The molecule has 1 rings (SSSR count). The molecule has 0 unspecified atom stereocenters. The Labute approximate surface area is 98.3 Å². The fourth-order valence-electron chi connectivity index (χ4n) is 2.23. The van der Waals surface area contributed by atoms with Crippen LogP contribution in [-0.4, -0.2) is 23.6 Å². The van der Waals surface area contributed by atoms with Crippen molar-refractivity contribution in [1.29, 1.82) is 0 Å². The number of oxime groups is 1. The molecule has 0 amide bonds. The molecule has 0 aliphatic heterocycles. The van der Waals surface area contributed by atoms with Gasteiger partial charge in [-0.1, -0.05) is 31.8 Å². The van der Waals surface area contributed by atoms with E-state index in [1.54, 1.807) is 0 Å². The molecular weight excluding hydrogens is 202 g/mol. The second-order valence-electron chi connectivity index (χ2n) is 5.41. The van der Waals surface area contributed by atoms with Crippen LogP contribution in [-0.2, 0) is 0 Å². The van der Waals surface area contributed by atoms with Gasteiger partial charge in [0.2, 0.25) is 0 Å². The van der Waals surface area contributed by atoms with E-state index in [2.05, 4.69) is 10.5 Å². The summed E-state index contributed by atoms with van der Waals surface area (Å²) < 4.78 is 0. The van der Waals surface area contributed by atoms with Crippen molar-refractivity contribution in [3.63, 3.8) is 0 Å². The lowest BCUT2D eigenvalue weighted by Crippen LogP contribution is -2.33. The van der Waals surface area contributed by atoms with E-state index in [1.165, 1.54) is 25.7 Å². The highest BCUT2D eigenvalue weighted by molar-refractivity contribution is 5.85. The van der Waals surface area contributed by atoms with Crippen LogP contribution in [0.25, 0.3) is 0 Å². The van der Waals surface area contributed by atoms with Crippen LogP contribution in [0.5, 0.6) is 0 Å². The zero-order valence-electron chi connectivity index (χ0n) is 10.5. The molecule has 1 aliphatic rings. The van der Waals surface area contributed by atoms with Crippen LogP contribution in [0.15, 0.2) is 5.16 Å². The fraction of sp³-hybridized carbons (Fsp3) is 0.917. The summed E-state index contributed by atoms with van der Waals surface area (Å²) in [6.45, 7) is 5.06. The summed E-state index contributed by atoms with van der Waals surface area (Å²) in [6.07, 6.45) is 7.40. The van der Waals surface area contributed by atoms with Crippen LogP contribution >= 0.6 is 0 Å². The average Bonchev–Trinajstić information content (AvgIpc) is 2.76. The normalized spacial score (nSPS) is 19.2. The van der Waals surface area contributed by atoms with Gasteiger partial charge >= 0.3 is 0 Å². The predicted octanol–water partition coefficient (Wildman–Crippen LogP) is 2.07. The first-order valence-electron chi connectivity index (χ1n) is 6.27. The number of hydrogen-bond acceptors (Lipinski definition) is 3. The minimum absolute atomic E-state index is 0.202. The number of amidine groups is 1. The molecule has 4 heteroatoms. The van der Waals surface area contributed by atoms with Crippen molar-refractivity contribution in [3.05, 3.63) is 0 Å². The molecule has 16 heavy (non-hydrogen) atoms. The molecule has 4 nitrogen and oxygen atoms in total. The minimum Gasteiger partial charge on any atom is -0.409 e. The van der Waals surface area contributed by atoms with Gasteiger partial charge in [0.1, 0.15) is 5.84 Å². The second-order valence-corrected chi connectivity index (χ2v) is 5.41. The quantitative estimate of drug-likeness (QED) is 0.214. The predicted molar refractivity (Wildman–Crippen MR) is 66.7 cm³/mol. The molecule has 0 saturated heterocycles. The van der Waals surface area contributed by atoms with Crippen LogP contribution in [0, 0.1) is 5.41 Å². The maximum atomic E-state index is 8.65. The molecule has 0 atom stereocenters. The third-order valence-electron chi connectivity index (χ3n) is 3.57. The summed E-state index contributed by atoms with van der Waals surface area (Å²) >= 11 is 0. The summed E-state index contributed by atoms with van der Waals surface area (Å²) in [6, 6.07) is 0.729. The van der Waals surface area contributed by atoms with E-state index >= 15 is 0 Å². The van der Waals surface area contributed by atoms with Crippen LogP contribution in [0.3, 0.4) is 0 Å². The van der Waals surface area contributed by atoms with E-state index in [0.717, 1.165) is 25.4 Å². The molecule has 0 bridgehead atoms. The smallest absolute Gasteiger partial charge is 0.144 e. The Morgan fingerprint density at radius 2 is 2.06 bits per heavy atom. The van der Waals surface area contributed by atoms with Crippen LogP contribution in [0.1, 0.15) is 52.4 Å². The zero-order valence-corrected chi connectivity index (χ0v) is 10.5. The molecule has 1 fully saturated rings. The number of nitrogens with two attached hydrogens (primary N) is 1. The molecule has 0 aromatic carbocycles. The third-order valence-corrected chi connectivity index (χ3v) is 3.57. The van der Waals surface area contributed by atoms with Crippen molar-refractivity contribution < 1.29 is 5.21 Å². The Hall–Kier alpha value is -0.770. The third kappa shape index (κ3) is 4.00. The summed E-state index contributed by atoms with van der Waals surface area (Å²) in [5.41, 5.74) is 5.43. The monoisotopic (exact) mass is 227 g/mol. The summed E-state index contributed by atoms with van der Waals surface area (Å²) in [5, 5.41) is 15.3. The molecule has 4 N–H and O–H groups in total. The van der Waals surface area contributed by atoms with Crippen LogP contribution in [0.2, 0.25) is 0 Å². The van der Waals surface area contributed by atoms with E-state index in [0.29, 0.717) is 5.84 Å². The van der Waals surface area contributed by atoms with Crippen LogP contribution in [0.4, 0.5) is 0 Å². The second kappa shape index (κ2) is 6.09. The summed E-state index contributed by atoms with van der Waals surface area (Å²) in [5.74, 6) is 0.327. The first kappa shape index (κ1) is 13.3. The lowest BCUT2D eigenvalue weighted by Gasteiger charge is -2.23. The number of nitrogens with one attached hydrogen (secondary N) is 1. The van der Waals surface area contributed by atoms with Gasteiger partial charge < -0.3 is 16.3 Å². The highest BCUT2D eigenvalue weighted by Crippen LogP contribution is 2.22. The molecule has 94 valence electrons. The Bertz CT molecular complexity index is 232. The minimum atomic E-state index is -0.202. The molecule has 0 spiro atoms. The lowest BCUT2D eigenvalue weighted by atomic mass is 9.86. The highest BCUT2D eigenvalue weighted by atomic mass is 16.4. The van der Waals surface area contributed by atoms with Gasteiger partial charge in [0.25, 0.3) is 0 Å². The average molecular weight is 227 g/mol. The molecule has 1 aliphatic carbocycles. The first-order chi connectivity index (χ1) is 7.56. The SMILES string of the molecule is CC(C)(CCCNC1CCCC1)C(N)=NO. The Morgan fingerprint density at radius 1 is 1.44 bits per heavy atom. The topological polar surface area (TPSA) is 70.6 Å². The largest absolute Gasteiger partial charge is 0.409 e. The Kier molecular flexibility index (Phi) is 5.06. The van der Waals surface area contributed by atoms with Gasteiger partial charge in [-0.2, -0.15) is 0 Å². The van der Waals surface area contributed by atoms with E-state index < -0.39 is 0 Å². The van der Waals surface area contributed by atoms with Crippen molar-refractivity contribution in [1.82, 2.24) is 5.32 Å². The standard InChI is InChI=1S/C12H25N3O/c1-12(2,11(13)15-16)8-5-9-14-10-6-3-4-7-10/h10,14,16H,3-9H2,1-2H3,(H2,13,15). The summed E-state index contributed by atoms with van der Waals surface area (Å²) in [7, 11) is 0. The number of rotatable bonds is 6.